The number of alkyl carbamates (subject to hydrolysis) is 2. The summed E-state index contributed by atoms with van der Waals surface area (Å²) in [5.41, 5.74) is -0.248. The van der Waals surface area contributed by atoms with Crippen molar-refractivity contribution in [2.24, 2.45) is 5.92 Å². The number of carbonyl (C=O) groups is 6. The van der Waals surface area contributed by atoms with E-state index in [2.05, 4.69) is 5.32 Å². The minimum atomic E-state index is -1.26. The average molecular weight is 537 g/mol. The number of hydrogen-bond donors (Lipinski definition) is 3. The summed E-state index contributed by atoms with van der Waals surface area (Å²) >= 11 is 0. The van der Waals surface area contributed by atoms with Gasteiger partial charge < -0.3 is 24.3 Å². The number of fused-ring (bicyclic) bond motifs is 1. The summed E-state index contributed by atoms with van der Waals surface area (Å²) in [6.07, 6.45) is -2.02. The molecular formula is C24H32N4O10. The number of ether oxygens (including phenoxy) is 4. The first-order valence-electron chi connectivity index (χ1n) is 11.8. The Labute approximate surface area is 219 Å². The zero-order valence-electron chi connectivity index (χ0n) is 22.1. The van der Waals surface area contributed by atoms with Crippen LogP contribution in [0.3, 0.4) is 0 Å². The van der Waals surface area contributed by atoms with Gasteiger partial charge in [-0.05, 0) is 59.1 Å². The maximum Gasteiger partial charge on any atom is 0.415 e. The molecule has 0 spiro atoms. The molecule has 0 fully saturated rings. The summed E-state index contributed by atoms with van der Waals surface area (Å²) in [6.45, 7) is 7.99. The van der Waals surface area contributed by atoms with Gasteiger partial charge in [-0.15, -0.1) is 0 Å². The van der Waals surface area contributed by atoms with Gasteiger partial charge in [0, 0.05) is 11.8 Å². The van der Waals surface area contributed by atoms with E-state index in [1.807, 2.05) is 10.6 Å². The molecule has 1 aromatic rings. The Morgan fingerprint density at radius 2 is 1.55 bits per heavy atom. The summed E-state index contributed by atoms with van der Waals surface area (Å²) < 4.78 is 20.1. The number of carbonyl (C=O) groups excluding carboxylic acids is 6. The Bertz CT molecular complexity index is 1080. The molecule has 0 radical (unpaired) electrons. The summed E-state index contributed by atoms with van der Waals surface area (Å²) in [4.78, 5) is 75.5. The van der Waals surface area contributed by atoms with Crippen LogP contribution in [0.2, 0.25) is 0 Å². The van der Waals surface area contributed by atoms with E-state index in [1.165, 1.54) is 33.1 Å². The van der Waals surface area contributed by atoms with Gasteiger partial charge >= 0.3 is 30.2 Å². The van der Waals surface area contributed by atoms with Crippen LogP contribution in [0.5, 0.6) is 5.75 Å². The van der Waals surface area contributed by atoms with Crippen molar-refractivity contribution in [2.45, 2.75) is 53.1 Å². The van der Waals surface area contributed by atoms with Gasteiger partial charge in [-0.3, -0.25) is 9.59 Å². The first kappa shape index (κ1) is 29.9. The molecule has 0 bridgehead atoms. The summed E-state index contributed by atoms with van der Waals surface area (Å²) in [6, 6.07) is 0.199. The quantitative estimate of drug-likeness (QED) is 0.288. The Hall–Kier alpha value is -4.36. The smallest absolute Gasteiger partial charge is 0.415 e. The average Bonchev–Trinajstić information content (AvgIpc) is 2.95. The molecule has 0 aliphatic carbocycles. The fourth-order valence-electron chi connectivity index (χ4n) is 3.45. The van der Waals surface area contributed by atoms with Crippen molar-refractivity contribution in [1.29, 1.82) is 0 Å². The highest BCUT2D eigenvalue weighted by Crippen LogP contribution is 2.37. The SMILES string of the molecule is CCOC(=O)NC(=O)N(C(=O)NC(=O)OCC)c1cc2c(cc1OC)NC(=O)C(C(=O)OC(C)(C)C)CC2. The first-order valence-corrected chi connectivity index (χ1v) is 11.8. The monoisotopic (exact) mass is 536 g/mol. The Morgan fingerprint density at radius 1 is 1.00 bits per heavy atom. The fraction of sp³-hybridized carbons (Fsp3) is 0.500. The molecule has 1 aromatic carbocycles. The number of urea groups is 2. The molecule has 1 aliphatic rings. The van der Waals surface area contributed by atoms with Gasteiger partial charge in [0.25, 0.3) is 0 Å². The summed E-state index contributed by atoms with van der Waals surface area (Å²) in [7, 11) is 1.25. The van der Waals surface area contributed by atoms with Crippen LogP contribution >= 0.6 is 0 Å². The van der Waals surface area contributed by atoms with Crippen molar-refractivity contribution >= 4 is 47.5 Å². The molecule has 208 valence electrons. The number of benzene rings is 1. The third kappa shape index (κ3) is 7.82. The van der Waals surface area contributed by atoms with E-state index in [-0.39, 0.29) is 43.2 Å². The minimum absolute atomic E-state index is 0.0468. The van der Waals surface area contributed by atoms with Crippen molar-refractivity contribution in [1.82, 2.24) is 10.6 Å². The number of aryl methyl sites for hydroxylation is 1. The molecule has 7 amide bonds. The second-order valence-electron chi connectivity index (χ2n) is 8.93. The van der Waals surface area contributed by atoms with Crippen LogP contribution in [0.4, 0.5) is 30.6 Å². The number of nitrogens with zero attached hydrogens (tertiary/aromatic N) is 1. The van der Waals surface area contributed by atoms with E-state index in [4.69, 9.17) is 18.9 Å². The third-order valence-corrected chi connectivity index (χ3v) is 4.99. The van der Waals surface area contributed by atoms with Crippen molar-refractivity contribution in [3.05, 3.63) is 17.7 Å². The summed E-state index contributed by atoms with van der Waals surface area (Å²) in [5, 5.41) is 6.42. The highest BCUT2D eigenvalue weighted by Gasteiger charge is 2.36. The van der Waals surface area contributed by atoms with Crippen LogP contribution in [0.1, 0.15) is 46.6 Å². The predicted molar refractivity (Wildman–Crippen MR) is 133 cm³/mol. The highest BCUT2D eigenvalue weighted by molar-refractivity contribution is 6.20. The number of esters is 1. The lowest BCUT2D eigenvalue weighted by molar-refractivity contribution is -0.161. The molecule has 38 heavy (non-hydrogen) atoms. The van der Waals surface area contributed by atoms with Crippen molar-refractivity contribution in [3.63, 3.8) is 0 Å². The standard InChI is InChI=1S/C24H32N4O10/c1-7-36-22(33)26-20(31)28(21(32)27-23(34)37-8-2)16-11-13-9-10-14(19(30)38-24(3,4)5)18(29)25-15(13)12-17(16)35-6/h11-12,14H,7-10H2,1-6H3,(H,25,29)(H,26,31,33)(H,27,32,34). The van der Waals surface area contributed by atoms with Gasteiger partial charge in [-0.2, -0.15) is 0 Å². The molecule has 3 N–H and O–H groups in total. The van der Waals surface area contributed by atoms with Crippen LogP contribution in [0.25, 0.3) is 0 Å². The van der Waals surface area contributed by atoms with E-state index in [1.54, 1.807) is 20.8 Å². The fourth-order valence-corrected chi connectivity index (χ4v) is 3.45. The second kappa shape index (κ2) is 12.7. The molecule has 0 saturated heterocycles. The van der Waals surface area contributed by atoms with Gasteiger partial charge in [0.1, 0.15) is 17.3 Å². The van der Waals surface area contributed by atoms with E-state index in [0.717, 1.165) is 0 Å². The van der Waals surface area contributed by atoms with E-state index < -0.39 is 47.6 Å². The summed E-state index contributed by atoms with van der Waals surface area (Å²) in [5.74, 6) is -2.46. The zero-order chi connectivity index (χ0) is 28.6. The van der Waals surface area contributed by atoms with Gasteiger partial charge in [0.2, 0.25) is 5.91 Å². The normalized spacial score (nSPS) is 14.6. The van der Waals surface area contributed by atoms with Crippen molar-refractivity contribution in [3.8, 4) is 5.75 Å². The number of methoxy groups -OCH3 is 1. The number of amides is 7. The molecule has 1 atom stereocenters. The minimum Gasteiger partial charge on any atom is -0.494 e. The first-order chi connectivity index (χ1) is 17.8. The van der Waals surface area contributed by atoms with Crippen LogP contribution in [0.15, 0.2) is 12.1 Å². The number of nitrogens with one attached hydrogen (secondary N) is 3. The van der Waals surface area contributed by atoms with Gasteiger partial charge in [0.15, 0.2) is 0 Å². The van der Waals surface area contributed by atoms with Crippen LogP contribution in [0, 0.1) is 5.92 Å². The molecule has 14 nitrogen and oxygen atoms in total. The van der Waals surface area contributed by atoms with Gasteiger partial charge in [-0.25, -0.2) is 34.7 Å². The molecule has 1 heterocycles. The lowest BCUT2D eigenvalue weighted by Crippen LogP contribution is -2.52. The molecular weight excluding hydrogens is 504 g/mol. The van der Waals surface area contributed by atoms with Gasteiger partial charge in [0.05, 0.1) is 26.0 Å². The molecule has 1 aliphatic heterocycles. The molecule has 0 aromatic heterocycles. The number of anilines is 2. The molecule has 14 heteroatoms. The Morgan fingerprint density at radius 3 is 2.03 bits per heavy atom. The third-order valence-electron chi connectivity index (χ3n) is 4.99. The predicted octanol–water partition coefficient (Wildman–Crippen LogP) is 3.08. The van der Waals surface area contributed by atoms with Crippen molar-refractivity contribution < 1.29 is 47.7 Å². The number of imide groups is 3. The maximum absolute atomic E-state index is 13.0. The Kier molecular flexibility index (Phi) is 10.0. The molecule has 1 unspecified atom stereocenters. The lowest BCUT2D eigenvalue weighted by Gasteiger charge is -2.24. The Balaban J connectivity index is 2.49. The lowest BCUT2D eigenvalue weighted by atomic mass is 9.99. The number of hydrogen-bond acceptors (Lipinski definition) is 10. The van der Waals surface area contributed by atoms with E-state index in [0.29, 0.717) is 10.5 Å². The van der Waals surface area contributed by atoms with Gasteiger partial charge in [-0.1, -0.05) is 0 Å². The van der Waals surface area contributed by atoms with Crippen LogP contribution < -0.4 is 25.6 Å². The molecule has 2 rings (SSSR count). The maximum atomic E-state index is 13.0. The molecule has 0 saturated carbocycles. The van der Waals surface area contributed by atoms with Crippen LogP contribution in [-0.2, 0) is 30.2 Å². The van der Waals surface area contributed by atoms with E-state index in [9.17, 15) is 28.8 Å². The van der Waals surface area contributed by atoms with E-state index >= 15 is 0 Å². The largest absolute Gasteiger partial charge is 0.494 e. The van der Waals surface area contributed by atoms with Crippen molar-refractivity contribution in [2.75, 3.05) is 30.5 Å². The zero-order valence-corrected chi connectivity index (χ0v) is 22.1. The van der Waals surface area contributed by atoms with Crippen LogP contribution in [-0.4, -0.2) is 62.0 Å². The number of rotatable bonds is 5. The second-order valence-corrected chi connectivity index (χ2v) is 8.93. The topological polar surface area (TPSA) is 179 Å². The highest BCUT2D eigenvalue weighted by atomic mass is 16.6.